The number of para-hydroxylation sites is 2. The molecule has 0 aliphatic heterocycles. The minimum atomic E-state index is -0.928. The van der Waals surface area contributed by atoms with E-state index in [0.29, 0.717) is 11.1 Å². The zero-order valence-electron chi connectivity index (χ0n) is 7.14. The lowest BCUT2D eigenvalue weighted by Gasteiger charge is -1.88. The van der Waals surface area contributed by atoms with Crippen LogP contribution in [-0.2, 0) is 0 Å². The maximum absolute atomic E-state index is 8.63. The fourth-order valence-corrected chi connectivity index (χ4v) is 1.15. The topological polar surface area (TPSA) is 73.6 Å². The van der Waals surface area contributed by atoms with E-state index in [1.54, 1.807) is 12.1 Å². The Morgan fingerprint density at radius 3 is 2.57 bits per heavy atom. The molecular weight excluding hydrogens is 178 g/mol. The smallest absolute Gasteiger partial charge is 0.227 e. The van der Waals surface area contributed by atoms with Crippen LogP contribution in [0.2, 0.25) is 0 Å². The van der Waals surface area contributed by atoms with E-state index in [4.69, 9.17) is 14.9 Å². The number of aromatic nitrogens is 1. The molecule has 14 heavy (non-hydrogen) atoms. The SMILES string of the molecule is N#CC(C#N)c1nc2ccccc2o1. The van der Waals surface area contributed by atoms with E-state index in [1.807, 2.05) is 24.3 Å². The number of rotatable bonds is 1. The lowest BCUT2D eigenvalue weighted by atomic mass is 10.2. The molecule has 66 valence electrons. The Labute approximate surface area is 80.0 Å². The van der Waals surface area contributed by atoms with Gasteiger partial charge in [-0.25, -0.2) is 4.98 Å². The molecule has 0 aliphatic rings. The zero-order valence-corrected chi connectivity index (χ0v) is 7.14. The van der Waals surface area contributed by atoms with Crippen LogP contribution in [0.25, 0.3) is 11.1 Å². The molecule has 2 aromatic rings. The molecule has 0 spiro atoms. The highest BCUT2D eigenvalue weighted by Crippen LogP contribution is 2.20. The second-order valence-electron chi connectivity index (χ2n) is 2.71. The van der Waals surface area contributed by atoms with Crippen molar-refractivity contribution >= 4 is 11.1 Å². The summed E-state index contributed by atoms with van der Waals surface area (Å²) in [7, 11) is 0. The average Bonchev–Trinajstić information content (AvgIpc) is 2.63. The molecule has 1 heterocycles. The monoisotopic (exact) mass is 183 g/mol. The lowest BCUT2D eigenvalue weighted by Crippen LogP contribution is -1.90. The standard InChI is InChI=1S/C10H5N3O/c11-5-7(6-12)10-13-8-3-1-2-4-9(8)14-10/h1-4,7H. The van der Waals surface area contributed by atoms with E-state index < -0.39 is 5.92 Å². The third-order valence-corrected chi connectivity index (χ3v) is 1.82. The van der Waals surface area contributed by atoms with Gasteiger partial charge in [-0.3, -0.25) is 0 Å². The van der Waals surface area contributed by atoms with Gasteiger partial charge in [-0.05, 0) is 12.1 Å². The van der Waals surface area contributed by atoms with Gasteiger partial charge in [0.25, 0.3) is 0 Å². The normalized spacial score (nSPS) is 9.93. The van der Waals surface area contributed by atoms with E-state index in [2.05, 4.69) is 4.98 Å². The Kier molecular flexibility index (Phi) is 1.89. The quantitative estimate of drug-likeness (QED) is 0.677. The molecule has 0 unspecified atom stereocenters. The molecule has 0 saturated heterocycles. The van der Waals surface area contributed by atoms with Crippen LogP contribution in [-0.4, -0.2) is 4.98 Å². The summed E-state index contributed by atoms with van der Waals surface area (Å²) in [5.41, 5.74) is 1.26. The van der Waals surface area contributed by atoms with E-state index in [1.165, 1.54) is 0 Å². The summed E-state index contributed by atoms with van der Waals surface area (Å²) in [4.78, 5) is 4.04. The molecule has 0 fully saturated rings. The van der Waals surface area contributed by atoms with Crippen molar-refractivity contribution in [1.29, 1.82) is 10.5 Å². The zero-order chi connectivity index (χ0) is 9.97. The van der Waals surface area contributed by atoms with Crippen molar-refractivity contribution in [3.8, 4) is 12.1 Å². The summed E-state index contributed by atoms with van der Waals surface area (Å²) in [6.07, 6.45) is 0. The van der Waals surface area contributed by atoms with Crippen molar-refractivity contribution in [2.24, 2.45) is 0 Å². The van der Waals surface area contributed by atoms with Gasteiger partial charge in [-0.15, -0.1) is 0 Å². The number of benzene rings is 1. The van der Waals surface area contributed by atoms with Gasteiger partial charge in [0.15, 0.2) is 5.58 Å². The lowest BCUT2D eigenvalue weighted by molar-refractivity contribution is 0.535. The van der Waals surface area contributed by atoms with Crippen LogP contribution in [0.5, 0.6) is 0 Å². The number of hydrogen-bond acceptors (Lipinski definition) is 4. The maximum Gasteiger partial charge on any atom is 0.227 e. The molecule has 0 atom stereocenters. The molecular formula is C10H5N3O. The number of nitriles is 2. The number of nitrogens with zero attached hydrogens (tertiary/aromatic N) is 3. The van der Waals surface area contributed by atoms with Gasteiger partial charge in [0, 0.05) is 0 Å². The van der Waals surface area contributed by atoms with Gasteiger partial charge in [0.2, 0.25) is 11.8 Å². The van der Waals surface area contributed by atoms with E-state index in [0.717, 1.165) is 0 Å². The van der Waals surface area contributed by atoms with Gasteiger partial charge in [-0.2, -0.15) is 10.5 Å². The predicted octanol–water partition coefficient (Wildman–Crippen LogP) is 1.96. The molecule has 0 bridgehead atoms. The molecule has 2 rings (SSSR count). The summed E-state index contributed by atoms with van der Waals surface area (Å²) in [5.74, 6) is -0.765. The third-order valence-electron chi connectivity index (χ3n) is 1.82. The van der Waals surface area contributed by atoms with E-state index in [9.17, 15) is 0 Å². The average molecular weight is 183 g/mol. The van der Waals surface area contributed by atoms with Crippen LogP contribution in [0.15, 0.2) is 28.7 Å². The first kappa shape index (κ1) is 8.28. The van der Waals surface area contributed by atoms with Gasteiger partial charge in [-0.1, -0.05) is 12.1 Å². The van der Waals surface area contributed by atoms with Crippen LogP contribution in [0, 0.1) is 22.7 Å². The van der Waals surface area contributed by atoms with Crippen LogP contribution in [0.3, 0.4) is 0 Å². The summed E-state index contributed by atoms with van der Waals surface area (Å²) < 4.78 is 5.26. The van der Waals surface area contributed by atoms with Gasteiger partial charge < -0.3 is 4.42 Å². The number of oxazole rings is 1. The molecule has 0 amide bonds. The maximum atomic E-state index is 8.63. The predicted molar refractivity (Wildman–Crippen MR) is 48.0 cm³/mol. The Hall–Kier alpha value is -2.33. The number of hydrogen-bond donors (Lipinski definition) is 0. The summed E-state index contributed by atoms with van der Waals surface area (Å²) in [6, 6.07) is 10.8. The first-order valence-electron chi connectivity index (χ1n) is 4.00. The Balaban J connectivity index is 2.57. The summed E-state index contributed by atoms with van der Waals surface area (Å²) in [6.45, 7) is 0. The second-order valence-corrected chi connectivity index (χ2v) is 2.71. The molecule has 0 saturated carbocycles. The minimum Gasteiger partial charge on any atom is -0.438 e. The van der Waals surface area contributed by atoms with Crippen LogP contribution < -0.4 is 0 Å². The van der Waals surface area contributed by atoms with E-state index >= 15 is 0 Å². The van der Waals surface area contributed by atoms with Crippen LogP contribution in [0.4, 0.5) is 0 Å². The van der Waals surface area contributed by atoms with Crippen molar-refractivity contribution in [2.45, 2.75) is 5.92 Å². The first-order valence-corrected chi connectivity index (χ1v) is 4.00. The molecule has 0 aliphatic carbocycles. The first-order chi connectivity index (χ1) is 6.85. The molecule has 1 aromatic carbocycles. The molecule has 1 aromatic heterocycles. The van der Waals surface area contributed by atoms with Crippen molar-refractivity contribution in [2.75, 3.05) is 0 Å². The van der Waals surface area contributed by atoms with Gasteiger partial charge >= 0.3 is 0 Å². The van der Waals surface area contributed by atoms with Crippen molar-refractivity contribution < 1.29 is 4.42 Å². The Bertz CT molecular complexity index is 497. The third kappa shape index (κ3) is 1.19. The summed E-state index contributed by atoms with van der Waals surface area (Å²) in [5, 5.41) is 17.3. The molecule has 0 N–H and O–H groups in total. The minimum absolute atomic E-state index is 0.163. The van der Waals surface area contributed by atoms with E-state index in [-0.39, 0.29) is 5.89 Å². The molecule has 0 radical (unpaired) electrons. The van der Waals surface area contributed by atoms with Crippen LogP contribution >= 0.6 is 0 Å². The van der Waals surface area contributed by atoms with Crippen molar-refractivity contribution in [1.82, 2.24) is 4.98 Å². The Morgan fingerprint density at radius 1 is 1.21 bits per heavy atom. The highest BCUT2D eigenvalue weighted by atomic mass is 16.3. The Morgan fingerprint density at radius 2 is 1.93 bits per heavy atom. The highest BCUT2D eigenvalue weighted by Gasteiger charge is 2.16. The fourth-order valence-electron chi connectivity index (χ4n) is 1.15. The fraction of sp³-hybridized carbons (Fsp3) is 0.100. The molecule has 4 nitrogen and oxygen atoms in total. The van der Waals surface area contributed by atoms with Crippen LogP contribution in [0.1, 0.15) is 11.8 Å². The molecule has 4 heteroatoms. The van der Waals surface area contributed by atoms with Gasteiger partial charge in [0.1, 0.15) is 5.52 Å². The number of fused-ring (bicyclic) bond motifs is 1. The van der Waals surface area contributed by atoms with Crippen molar-refractivity contribution in [3.63, 3.8) is 0 Å². The second kappa shape index (κ2) is 3.20. The van der Waals surface area contributed by atoms with Crippen molar-refractivity contribution in [3.05, 3.63) is 30.2 Å². The largest absolute Gasteiger partial charge is 0.438 e. The van der Waals surface area contributed by atoms with Gasteiger partial charge in [0.05, 0.1) is 12.1 Å². The highest BCUT2D eigenvalue weighted by molar-refractivity contribution is 5.72. The summed E-state index contributed by atoms with van der Waals surface area (Å²) >= 11 is 0.